The number of nitrogens with one attached hydrogen (secondary N) is 1. The van der Waals surface area contributed by atoms with Crippen LogP contribution in [-0.2, 0) is 14.3 Å². The third-order valence-corrected chi connectivity index (χ3v) is 2.37. The molecule has 0 radical (unpaired) electrons. The number of carbonyl (C=O) groups excluding carboxylic acids is 2. The quantitative estimate of drug-likeness (QED) is 0.491. The van der Waals surface area contributed by atoms with E-state index in [1.54, 1.807) is 12.1 Å². The van der Waals surface area contributed by atoms with Gasteiger partial charge in [0.05, 0.1) is 7.11 Å². The molecule has 0 aliphatic rings. The molecular weight excluding hydrogens is 265 g/mol. The number of amides is 1. The average Bonchev–Trinajstić information content (AvgIpc) is 2.38. The van der Waals surface area contributed by atoms with Gasteiger partial charge in [0.2, 0.25) is 5.91 Å². The lowest BCUT2D eigenvalue weighted by molar-refractivity contribution is -0.140. The van der Waals surface area contributed by atoms with Crippen LogP contribution in [0.4, 0.5) is 5.69 Å². The smallest absolute Gasteiger partial charge is 0.512 e. The Morgan fingerprint density at radius 3 is 2.70 bits per heavy atom. The Labute approximate surface area is 116 Å². The van der Waals surface area contributed by atoms with E-state index in [1.165, 1.54) is 19.2 Å². The number of esters is 1. The molecule has 20 heavy (non-hydrogen) atoms. The molecule has 0 saturated heterocycles. The Bertz CT molecular complexity index is 465. The predicted molar refractivity (Wildman–Crippen MR) is 71.8 cm³/mol. The third kappa shape index (κ3) is 6.21. The van der Waals surface area contributed by atoms with Crippen molar-refractivity contribution in [1.29, 1.82) is 0 Å². The summed E-state index contributed by atoms with van der Waals surface area (Å²) < 4.78 is 9.13. The summed E-state index contributed by atoms with van der Waals surface area (Å²) in [6.45, 7) is 0. The first-order chi connectivity index (χ1) is 9.51. The van der Waals surface area contributed by atoms with Gasteiger partial charge in [0.15, 0.2) is 0 Å². The van der Waals surface area contributed by atoms with Crippen LogP contribution < -0.4 is 9.97 Å². The molecule has 0 spiro atoms. The second-order valence-electron chi connectivity index (χ2n) is 3.95. The zero-order chi connectivity index (χ0) is 15.0. The minimum Gasteiger partial charge on any atom is -0.512 e. The maximum atomic E-state index is 11.6. The molecule has 1 aromatic carbocycles. The summed E-state index contributed by atoms with van der Waals surface area (Å²) in [6.07, 6.45) is 0.761. The Morgan fingerprint density at radius 2 is 2.05 bits per heavy atom. The molecule has 0 aromatic heterocycles. The fraction of sp³-hybridized carbons (Fsp3) is 0.333. The molecule has 0 saturated carbocycles. The second-order valence-corrected chi connectivity index (χ2v) is 3.95. The first-order valence-corrected chi connectivity index (χ1v) is 6.01. The van der Waals surface area contributed by atoms with Crippen LogP contribution >= 0.6 is 0 Å². The monoisotopic (exact) mass is 281 g/mol. The number of methoxy groups -OCH3 is 1. The highest BCUT2D eigenvalue weighted by Crippen LogP contribution is 2.17. The molecule has 0 atom stereocenters. The molecular formula is C12H16BNO6. The molecule has 1 rings (SSSR count). The van der Waals surface area contributed by atoms with E-state index < -0.39 is 7.32 Å². The number of hydrogen-bond acceptors (Lipinski definition) is 6. The van der Waals surface area contributed by atoms with Crippen LogP contribution in [-0.4, -0.2) is 36.4 Å². The van der Waals surface area contributed by atoms with E-state index >= 15 is 0 Å². The highest BCUT2D eigenvalue weighted by atomic mass is 16.6. The van der Waals surface area contributed by atoms with Crippen molar-refractivity contribution in [2.24, 2.45) is 0 Å². The van der Waals surface area contributed by atoms with E-state index in [4.69, 9.17) is 10.0 Å². The summed E-state index contributed by atoms with van der Waals surface area (Å²) >= 11 is 0. The van der Waals surface area contributed by atoms with E-state index in [1.807, 2.05) is 0 Å². The Balaban J connectivity index is 2.43. The largest absolute Gasteiger partial charge is 0.707 e. The SMILES string of the molecule is COC(=O)CCCC(=O)Nc1cccc(OB(O)O)c1. The Morgan fingerprint density at radius 1 is 1.30 bits per heavy atom. The molecule has 0 heterocycles. The molecule has 0 aliphatic heterocycles. The minimum absolute atomic E-state index is 0.183. The number of carbonyl (C=O) groups is 2. The van der Waals surface area contributed by atoms with Crippen LogP contribution in [0, 0.1) is 0 Å². The maximum absolute atomic E-state index is 11.6. The summed E-state index contributed by atoms with van der Waals surface area (Å²) in [5.41, 5.74) is 0.464. The van der Waals surface area contributed by atoms with Crippen molar-refractivity contribution in [3.63, 3.8) is 0 Å². The lowest BCUT2D eigenvalue weighted by Gasteiger charge is -2.08. The van der Waals surface area contributed by atoms with Crippen molar-refractivity contribution in [1.82, 2.24) is 0 Å². The van der Waals surface area contributed by atoms with Gasteiger partial charge in [0, 0.05) is 24.6 Å². The standard InChI is InChI=1S/C12H16BNO6/c1-19-12(16)7-3-6-11(15)14-9-4-2-5-10(8-9)20-13(17)18/h2,4-5,8,17-18H,3,6-7H2,1H3,(H,14,15). The Kier molecular flexibility index (Phi) is 6.55. The van der Waals surface area contributed by atoms with Crippen LogP contribution in [0.1, 0.15) is 19.3 Å². The van der Waals surface area contributed by atoms with Gasteiger partial charge in [0.1, 0.15) is 5.75 Å². The topological polar surface area (TPSA) is 105 Å². The number of anilines is 1. The summed E-state index contributed by atoms with van der Waals surface area (Å²) in [5, 5.41) is 20.0. The van der Waals surface area contributed by atoms with Crippen molar-refractivity contribution >= 4 is 24.9 Å². The van der Waals surface area contributed by atoms with Crippen molar-refractivity contribution in [2.45, 2.75) is 19.3 Å². The van der Waals surface area contributed by atoms with E-state index in [9.17, 15) is 9.59 Å². The molecule has 0 bridgehead atoms. The summed E-state index contributed by atoms with van der Waals surface area (Å²) in [6, 6.07) is 6.21. The summed E-state index contributed by atoms with van der Waals surface area (Å²) in [7, 11) is -0.621. The number of benzene rings is 1. The van der Waals surface area contributed by atoms with E-state index in [-0.39, 0.29) is 30.5 Å². The van der Waals surface area contributed by atoms with Crippen molar-refractivity contribution < 1.29 is 29.0 Å². The van der Waals surface area contributed by atoms with Gasteiger partial charge in [-0.25, -0.2) is 0 Å². The molecule has 3 N–H and O–H groups in total. The lowest BCUT2D eigenvalue weighted by Crippen LogP contribution is -2.20. The van der Waals surface area contributed by atoms with Gasteiger partial charge >= 0.3 is 13.3 Å². The van der Waals surface area contributed by atoms with Crippen LogP contribution in [0.15, 0.2) is 24.3 Å². The van der Waals surface area contributed by atoms with E-state index in [0.29, 0.717) is 12.1 Å². The summed E-state index contributed by atoms with van der Waals surface area (Å²) in [5.74, 6) is -0.395. The molecule has 0 fully saturated rings. The lowest BCUT2D eigenvalue weighted by atomic mass is 10.2. The van der Waals surface area contributed by atoms with Gasteiger partial charge < -0.3 is 24.8 Å². The van der Waals surface area contributed by atoms with Crippen LogP contribution in [0.3, 0.4) is 0 Å². The van der Waals surface area contributed by atoms with E-state index in [2.05, 4.69) is 14.7 Å². The highest BCUT2D eigenvalue weighted by Gasteiger charge is 2.11. The predicted octanol–water partition coefficient (Wildman–Crippen LogP) is 0.317. The zero-order valence-electron chi connectivity index (χ0n) is 11.0. The molecule has 7 nitrogen and oxygen atoms in total. The zero-order valence-corrected chi connectivity index (χ0v) is 11.0. The van der Waals surface area contributed by atoms with Crippen molar-refractivity contribution in [3.8, 4) is 5.75 Å². The van der Waals surface area contributed by atoms with Gasteiger partial charge in [-0.3, -0.25) is 9.59 Å². The molecule has 1 amide bonds. The maximum Gasteiger partial charge on any atom is 0.707 e. The number of rotatable bonds is 7. The molecule has 0 aliphatic carbocycles. The molecule has 0 unspecified atom stereocenters. The first-order valence-electron chi connectivity index (χ1n) is 6.01. The normalized spacial score (nSPS) is 9.75. The summed E-state index contributed by atoms with van der Waals surface area (Å²) in [4.78, 5) is 22.5. The van der Waals surface area contributed by atoms with Crippen LogP contribution in [0.25, 0.3) is 0 Å². The molecule has 8 heteroatoms. The van der Waals surface area contributed by atoms with Gasteiger partial charge in [0.25, 0.3) is 0 Å². The second kappa shape index (κ2) is 8.18. The minimum atomic E-state index is -1.92. The molecule has 1 aromatic rings. The van der Waals surface area contributed by atoms with Crippen molar-refractivity contribution in [2.75, 3.05) is 12.4 Å². The fourth-order valence-corrected chi connectivity index (χ4v) is 1.49. The number of hydrogen-bond donors (Lipinski definition) is 3. The van der Waals surface area contributed by atoms with Crippen LogP contribution in [0.2, 0.25) is 0 Å². The van der Waals surface area contributed by atoms with Gasteiger partial charge in [-0.2, -0.15) is 0 Å². The first kappa shape index (κ1) is 16.0. The number of ether oxygens (including phenoxy) is 1. The van der Waals surface area contributed by atoms with Gasteiger partial charge in [-0.15, -0.1) is 0 Å². The van der Waals surface area contributed by atoms with Gasteiger partial charge in [-0.1, -0.05) is 6.07 Å². The van der Waals surface area contributed by atoms with Crippen molar-refractivity contribution in [3.05, 3.63) is 24.3 Å². The third-order valence-electron chi connectivity index (χ3n) is 2.37. The highest BCUT2D eigenvalue weighted by molar-refractivity contribution is 6.33. The Hall–Kier alpha value is -2.06. The van der Waals surface area contributed by atoms with E-state index in [0.717, 1.165) is 0 Å². The fourth-order valence-electron chi connectivity index (χ4n) is 1.49. The molecule has 108 valence electrons. The van der Waals surface area contributed by atoms with Gasteiger partial charge in [-0.05, 0) is 18.6 Å². The van der Waals surface area contributed by atoms with Crippen LogP contribution in [0.5, 0.6) is 5.75 Å². The average molecular weight is 281 g/mol.